The van der Waals surface area contributed by atoms with E-state index in [0.29, 0.717) is 4.90 Å². The van der Waals surface area contributed by atoms with E-state index >= 15 is 0 Å². The van der Waals surface area contributed by atoms with Crippen LogP contribution in [0.1, 0.15) is 0 Å². The third-order valence-electron chi connectivity index (χ3n) is 3.50. The van der Waals surface area contributed by atoms with E-state index in [1.807, 2.05) is 0 Å². The Kier molecular flexibility index (Phi) is 5.33. The van der Waals surface area contributed by atoms with Gasteiger partial charge in [0.25, 0.3) is 0 Å². The van der Waals surface area contributed by atoms with Gasteiger partial charge in [-0.3, -0.25) is 0 Å². The molecule has 0 bridgehead atoms. The standard InChI is InChI=1S/C18H9F4IO2S/c19-13-5-11(6-14(20)17(13)24)26(10-3-1-9(23)2-4-10)12-7-15(21)18(25)16(22)8-12/h1-8H,(H-,24,25)/p+1. The van der Waals surface area contributed by atoms with E-state index in [-0.39, 0.29) is 9.79 Å². The number of benzene rings is 3. The van der Waals surface area contributed by atoms with Crippen molar-refractivity contribution in [3.05, 3.63) is 75.4 Å². The fourth-order valence-corrected chi connectivity index (χ4v) is 4.77. The Morgan fingerprint density at radius 1 is 0.615 bits per heavy atom. The van der Waals surface area contributed by atoms with Crippen molar-refractivity contribution < 1.29 is 27.8 Å². The van der Waals surface area contributed by atoms with E-state index in [0.717, 1.165) is 27.8 Å². The van der Waals surface area contributed by atoms with E-state index < -0.39 is 45.7 Å². The lowest BCUT2D eigenvalue weighted by molar-refractivity contribution is 0.393. The lowest BCUT2D eigenvalue weighted by Gasteiger charge is -2.10. The van der Waals surface area contributed by atoms with Gasteiger partial charge in [0.2, 0.25) is 0 Å². The van der Waals surface area contributed by atoms with Crippen molar-refractivity contribution in [2.75, 3.05) is 0 Å². The van der Waals surface area contributed by atoms with Crippen molar-refractivity contribution in [3.63, 3.8) is 0 Å². The van der Waals surface area contributed by atoms with Gasteiger partial charge in [0, 0.05) is 27.8 Å². The number of phenols is 2. The molecule has 3 aromatic carbocycles. The largest absolute Gasteiger partial charge is 0.503 e. The van der Waals surface area contributed by atoms with Crippen LogP contribution in [-0.2, 0) is 10.9 Å². The second-order valence-corrected chi connectivity index (χ2v) is 8.50. The summed E-state index contributed by atoms with van der Waals surface area (Å²) in [5.74, 6) is -6.96. The molecule has 0 unspecified atom stereocenters. The molecule has 26 heavy (non-hydrogen) atoms. The predicted molar refractivity (Wildman–Crippen MR) is 97.4 cm³/mol. The van der Waals surface area contributed by atoms with Crippen LogP contribution in [-0.4, -0.2) is 10.2 Å². The zero-order chi connectivity index (χ0) is 19.0. The molecular formula is C18H10F4IO2S+. The van der Waals surface area contributed by atoms with Crippen LogP contribution in [0.2, 0.25) is 0 Å². The Labute approximate surface area is 162 Å². The Balaban J connectivity index is 2.25. The van der Waals surface area contributed by atoms with E-state index in [1.54, 1.807) is 24.3 Å². The number of hydrogen-bond donors (Lipinski definition) is 2. The average molecular weight is 493 g/mol. The fraction of sp³-hybridized carbons (Fsp3) is 0. The topological polar surface area (TPSA) is 40.5 Å². The molecule has 0 aromatic heterocycles. The Bertz CT molecular complexity index is 876. The van der Waals surface area contributed by atoms with Crippen LogP contribution in [0.5, 0.6) is 11.5 Å². The summed E-state index contributed by atoms with van der Waals surface area (Å²) in [4.78, 5) is 0.728. The number of hydrogen-bond acceptors (Lipinski definition) is 2. The monoisotopic (exact) mass is 493 g/mol. The SMILES string of the molecule is Oc1c(F)cc([S+](c2ccc(I)cc2)c2cc(F)c(O)c(F)c2)cc1F. The van der Waals surface area contributed by atoms with Gasteiger partial charge in [-0.1, -0.05) is 0 Å². The van der Waals surface area contributed by atoms with Gasteiger partial charge in [0.05, 0.1) is 10.9 Å². The molecule has 0 heterocycles. The summed E-state index contributed by atoms with van der Waals surface area (Å²) in [6.45, 7) is 0. The molecule has 0 atom stereocenters. The molecule has 0 fully saturated rings. The van der Waals surface area contributed by atoms with E-state index in [4.69, 9.17) is 0 Å². The van der Waals surface area contributed by atoms with Crippen molar-refractivity contribution >= 4 is 33.5 Å². The van der Waals surface area contributed by atoms with Crippen LogP contribution in [0.25, 0.3) is 0 Å². The molecule has 134 valence electrons. The highest BCUT2D eigenvalue weighted by Crippen LogP contribution is 2.36. The highest BCUT2D eigenvalue weighted by atomic mass is 127. The van der Waals surface area contributed by atoms with E-state index in [1.165, 1.54) is 0 Å². The van der Waals surface area contributed by atoms with Gasteiger partial charge >= 0.3 is 0 Å². The van der Waals surface area contributed by atoms with Gasteiger partial charge in [0.15, 0.2) is 49.5 Å². The third-order valence-corrected chi connectivity index (χ3v) is 6.38. The molecule has 3 aromatic rings. The second-order valence-electron chi connectivity index (χ2n) is 5.23. The molecule has 3 rings (SSSR count). The Morgan fingerprint density at radius 3 is 1.31 bits per heavy atom. The van der Waals surface area contributed by atoms with E-state index in [2.05, 4.69) is 22.6 Å². The first kappa shape index (κ1) is 18.8. The molecule has 0 saturated carbocycles. The lowest BCUT2D eigenvalue weighted by atomic mass is 10.3. The zero-order valence-electron chi connectivity index (χ0n) is 12.8. The Hall–Kier alpha value is -1.94. The van der Waals surface area contributed by atoms with Gasteiger partial charge in [-0.05, 0) is 46.9 Å². The van der Waals surface area contributed by atoms with Crippen LogP contribution in [0.3, 0.4) is 0 Å². The van der Waals surface area contributed by atoms with Crippen LogP contribution >= 0.6 is 22.6 Å². The van der Waals surface area contributed by atoms with Gasteiger partial charge < -0.3 is 10.2 Å². The van der Waals surface area contributed by atoms with E-state index in [9.17, 15) is 27.8 Å². The highest BCUT2D eigenvalue weighted by Gasteiger charge is 2.33. The summed E-state index contributed by atoms with van der Waals surface area (Å²) in [6.07, 6.45) is 0. The quantitative estimate of drug-likeness (QED) is 0.293. The zero-order valence-corrected chi connectivity index (χ0v) is 15.8. The van der Waals surface area contributed by atoms with Crippen LogP contribution in [0.15, 0.2) is 63.2 Å². The number of rotatable bonds is 3. The number of phenolic OH excluding ortho intramolecular Hbond substituents is 2. The fourth-order valence-electron chi connectivity index (χ4n) is 2.30. The molecule has 8 heteroatoms. The molecule has 0 aliphatic rings. The van der Waals surface area contributed by atoms with Crippen molar-refractivity contribution in [2.24, 2.45) is 0 Å². The number of halogens is 5. The average Bonchev–Trinajstić information content (AvgIpc) is 2.59. The van der Waals surface area contributed by atoms with Crippen LogP contribution < -0.4 is 0 Å². The molecule has 0 aliphatic heterocycles. The molecule has 2 nitrogen and oxygen atoms in total. The van der Waals surface area contributed by atoms with Crippen molar-refractivity contribution in [1.29, 1.82) is 0 Å². The summed E-state index contributed by atoms with van der Waals surface area (Å²) in [6, 6.07) is 10.5. The maximum atomic E-state index is 13.8. The minimum Gasteiger partial charge on any atom is -0.503 e. The minimum absolute atomic E-state index is 0.0866. The van der Waals surface area contributed by atoms with Gasteiger partial charge in [-0.2, -0.15) is 0 Å². The summed E-state index contributed by atoms with van der Waals surface area (Å²) >= 11 is 2.08. The van der Waals surface area contributed by atoms with Crippen LogP contribution in [0, 0.1) is 26.8 Å². The molecule has 0 radical (unpaired) electrons. The molecule has 0 saturated heterocycles. The highest BCUT2D eigenvalue weighted by molar-refractivity contribution is 14.1. The maximum Gasteiger partial charge on any atom is 0.188 e. The van der Waals surface area contributed by atoms with Crippen molar-refractivity contribution in [1.82, 2.24) is 0 Å². The smallest absolute Gasteiger partial charge is 0.188 e. The first-order chi connectivity index (χ1) is 12.3. The minimum atomic E-state index is -1.27. The van der Waals surface area contributed by atoms with Crippen molar-refractivity contribution in [2.45, 2.75) is 14.7 Å². The van der Waals surface area contributed by atoms with Crippen LogP contribution in [0.4, 0.5) is 17.6 Å². The summed E-state index contributed by atoms with van der Waals surface area (Å²) in [7, 11) is -1.27. The Morgan fingerprint density at radius 2 is 0.962 bits per heavy atom. The first-order valence-corrected chi connectivity index (χ1v) is 9.44. The molecule has 0 aliphatic carbocycles. The normalized spacial score (nSPS) is 11.2. The molecule has 0 spiro atoms. The third kappa shape index (κ3) is 3.61. The predicted octanol–water partition coefficient (Wildman–Crippen LogP) is 5.35. The maximum absolute atomic E-state index is 13.8. The molecule has 0 amide bonds. The summed E-state index contributed by atoms with van der Waals surface area (Å²) < 4.78 is 56.3. The first-order valence-electron chi connectivity index (χ1n) is 7.14. The molecular weight excluding hydrogens is 483 g/mol. The van der Waals surface area contributed by atoms with Gasteiger partial charge in [0.1, 0.15) is 0 Å². The number of aromatic hydroxyl groups is 2. The van der Waals surface area contributed by atoms with Gasteiger partial charge in [-0.15, -0.1) is 0 Å². The lowest BCUT2D eigenvalue weighted by Crippen LogP contribution is -2.07. The molecule has 2 N–H and O–H groups in total. The van der Waals surface area contributed by atoms with Gasteiger partial charge in [-0.25, -0.2) is 17.6 Å². The summed E-state index contributed by atoms with van der Waals surface area (Å²) in [5.41, 5.74) is 0. The summed E-state index contributed by atoms with van der Waals surface area (Å²) in [5, 5.41) is 18.6. The van der Waals surface area contributed by atoms with Crippen molar-refractivity contribution in [3.8, 4) is 11.5 Å². The second kappa shape index (κ2) is 7.36.